The van der Waals surface area contributed by atoms with Crippen LogP contribution in [0.15, 0.2) is 24.3 Å². The third kappa shape index (κ3) is 4.05. The van der Waals surface area contributed by atoms with Gasteiger partial charge in [-0.05, 0) is 19.1 Å². The van der Waals surface area contributed by atoms with E-state index in [0.29, 0.717) is 44.0 Å². The van der Waals surface area contributed by atoms with Crippen molar-refractivity contribution in [3.63, 3.8) is 0 Å². The van der Waals surface area contributed by atoms with E-state index in [1.165, 1.54) is 6.92 Å². The Balaban J connectivity index is 1.83. The van der Waals surface area contributed by atoms with Crippen LogP contribution in [0.2, 0.25) is 0 Å². The molecule has 134 valence electrons. The van der Waals surface area contributed by atoms with Gasteiger partial charge in [0.15, 0.2) is 5.78 Å². The number of carboxylic acid groups (broad SMARTS) is 1. The first-order chi connectivity index (χ1) is 11.9. The van der Waals surface area contributed by atoms with Crippen molar-refractivity contribution in [1.29, 1.82) is 0 Å². The molecule has 2 fully saturated rings. The maximum absolute atomic E-state index is 13.0. The number of nitrogens with zero attached hydrogens (tertiary/aromatic N) is 2. The summed E-state index contributed by atoms with van der Waals surface area (Å²) in [5.74, 6) is -1.01. The first kappa shape index (κ1) is 17.6. The summed E-state index contributed by atoms with van der Waals surface area (Å²) < 4.78 is 5.67. The average molecular weight is 346 g/mol. The number of hydrogen-bond donors (Lipinski definition) is 1. The van der Waals surface area contributed by atoms with Crippen LogP contribution in [-0.2, 0) is 9.53 Å². The number of carbonyl (C=O) groups is 3. The van der Waals surface area contributed by atoms with E-state index in [2.05, 4.69) is 0 Å². The molecule has 25 heavy (non-hydrogen) atoms. The number of benzene rings is 1. The van der Waals surface area contributed by atoms with Gasteiger partial charge in [-0.1, -0.05) is 12.1 Å². The molecule has 1 aromatic carbocycles. The highest BCUT2D eigenvalue weighted by Gasteiger charge is 2.36. The molecular formula is C18H22N2O5. The van der Waals surface area contributed by atoms with E-state index in [0.717, 1.165) is 0 Å². The molecule has 1 amide bonds. The van der Waals surface area contributed by atoms with Crippen LogP contribution in [0, 0.1) is 5.92 Å². The predicted octanol–water partition coefficient (Wildman–Crippen LogP) is 0.747. The molecule has 2 aliphatic heterocycles. The van der Waals surface area contributed by atoms with Crippen LogP contribution in [0.5, 0.6) is 0 Å². The third-order valence-corrected chi connectivity index (χ3v) is 4.68. The maximum Gasteiger partial charge on any atom is 0.317 e. The van der Waals surface area contributed by atoms with Crippen LogP contribution in [0.1, 0.15) is 27.6 Å². The van der Waals surface area contributed by atoms with Crippen molar-refractivity contribution >= 4 is 17.7 Å². The van der Waals surface area contributed by atoms with E-state index in [4.69, 9.17) is 9.84 Å². The Hall–Kier alpha value is -2.25. The molecule has 2 saturated heterocycles. The summed E-state index contributed by atoms with van der Waals surface area (Å²) in [5, 5.41) is 9.07. The second-order valence-corrected chi connectivity index (χ2v) is 6.74. The Kier molecular flexibility index (Phi) is 5.15. The van der Waals surface area contributed by atoms with E-state index >= 15 is 0 Å². The van der Waals surface area contributed by atoms with E-state index in [1.54, 1.807) is 29.2 Å². The standard InChI is InChI=1S/C18H22N2O5/c1-12(21)14-3-2-4-15(5-14)18(24)20-7-13-6-19(9-17(22)23)8-16(20)11-25-10-13/h2-5,13,16H,6-11H2,1H3,(H,22,23)/t13-,16-/m0/s1. The van der Waals surface area contributed by atoms with E-state index in [1.807, 2.05) is 4.90 Å². The molecule has 2 atom stereocenters. The van der Waals surface area contributed by atoms with E-state index in [-0.39, 0.29) is 30.2 Å². The van der Waals surface area contributed by atoms with Crippen molar-refractivity contribution < 1.29 is 24.2 Å². The highest BCUT2D eigenvalue weighted by molar-refractivity contribution is 5.99. The zero-order chi connectivity index (χ0) is 18.0. The molecule has 2 bridgehead atoms. The van der Waals surface area contributed by atoms with E-state index < -0.39 is 5.97 Å². The number of rotatable bonds is 4. The zero-order valence-corrected chi connectivity index (χ0v) is 14.2. The van der Waals surface area contributed by atoms with Gasteiger partial charge in [0, 0.05) is 36.7 Å². The van der Waals surface area contributed by atoms with Crippen LogP contribution in [0.25, 0.3) is 0 Å². The number of ether oxygens (including phenoxy) is 1. The fraction of sp³-hybridized carbons (Fsp3) is 0.500. The van der Waals surface area contributed by atoms with Gasteiger partial charge in [0.25, 0.3) is 5.91 Å². The predicted molar refractivity (Wildman–Crippen MR) is 89.7 cm³/mol. The summed E-state index contributed by atoms with van der Waals surface area (Å²) in [4.78, 5) is 39.3. The number of carbonyl (C=O) groups excluding carboxylic acids is 2. The van der Waals surface area contributed by atoms with Crippen LogP contribution >= 0.6 is 0 Å². The molecule has 1 aromatic rings. The van der Waals surface area contributed by atoms with Crippen molar-refractivity contribution in [3.05, 3.63) is 35.4 Å². The SMILES string of the molecule is CC(=O)c1cccc(C(=O)N2C[C@H]3COC[C@@H]2CN(CC(=O)O)C3)c1. The van der Waals surface area contributed by atoms with Gasteiger partial charge in [-0.2, -0.15) is 0 Å². The summed E-state index contributed by atoms with van der Waals surface area (Å²) in [7, 11) is 0. The average Bonchev–Trinajstić information content (AvgIpc) is 2.84. The molecule has 0 aliphatic carbocycles. The molecule has 0 saturated carbocycles. The third-order valence-electron chi connectivity index (χ3n) is 4.68. The summed E-state index contributed by atoms with van der Waals surface area (Å²) in [6, 6.07) is 6.54. The van der Waals surface area contributed by atoms with E-state index in [9.17, 15) is 14.4 Å². The fourth-order valence-electron chi connectivity index (χ4n) is 3.55. The van der Waals surface area contributed by atoms with Gasteiger partial charge in [-0.25, -0.2) is 0 Å². The lowest BCUT2D eigenvalue weighted by atomic mass is 10.1. The Morgan fingerprint density at radius 1 is 1.16 bits per heavy atom. The van der Waals surface area contributed by atoms with Crippen molar-refractivity contribution in [1.82, 2.24) is 9.80 Å². The molecule has 3 rings (SSSR count). The Morgan fingerprint density at radius 3 is 2.64 bits per heavy atom. The lowest BCUT2D eigenvalue weighted by Crippen LogP contribution is -2.47. The highest BCUT2D eigenvalue weighted by atomic mass is 16.5. The highest BCUT2D eigenvalue weighted by Crippen LogP contribution is 2.22. The van der Waals surface area contributed by atoms with Crippen LogP contribution in [0.4, 0.5) is 0 Å². The second kappa shape index (κ2) is 7.33. The molecule has 1 N–H and O–H groups in total. The Bertz CT molecular complexity index is 690. The summed E-state index contributed by atoms with van der Waals surface area (Å²) in [5.41, 5.74) is 0.984. The van der Waals surface area contributed by atoms with Gasteiger partial charge >= 0.3 is 5.97 Å². The molecular weight excluding hydrogens is 324 g/mol. The minimum absolute atomic E-state index is 0.0329. The minimum Gasteiger partial charge on any atom is -0.480 e. The summed E-state index contributed by atoms with van der Waals surface area (Å²) in [6.07, 6.45) is 0. The number of Topliss-reactive ketones (excluding diaryl/α,β-unsaturated/α-hetero) is 1. The molecule has 7 heteroatoms. The lowest BCUT2D eigenvalue weighted by Gasteiger charge is -2.30. The molecule has 7 nitrogen and oxygen atoms in total. The largest absolute Gasteiger partial charge is 0.480 e. The molecule has 2 aliphatic rings. The van der Waals surface area contributed by atoms with Crippen molar-refractivity contribution in [3.8, 4) is 0 Å². The Morgan fingerprint density at radius 2 is 1.92 bits per heavy atom. The number of carboxylic acids is 1. The van der Waals surface area contributed by atoms with Crippen LogP contribution in [0.3, 0.4) is 0 Å². The van der Waals surface area contributed by atoms with Crippen molar-refractivity contribution in [2.45, 2.75) is 13.0 Å². The molecule has 0 aromatic heterocycles. The minimum atomic E-state index is -0.868. The summed E-state index contributed by atoms with van der Waals surface area (Å²) in [6.45, 7) is 3.95. The first-order valence-electron chi connectivity index (χ1n) is 8.38. The second-order valence-electron chi connectivity index (χ2n) is 6.74. The zero-order valence-electron chi connectivity index (χ0n) is 14.2. The Labute approximate surface area is 146 Å². The molecule has 2 heterocycles. The normalized spacial score (nSPS) is 23.8. The number of hydrogen-bond acceptors (Lipinski definition) is 5. The number of amides is 1. The molecule has 0 radical (unpaired) electrons. The topological polar surface area (TPSA) is 87.2 Å². The monoisotopic (exact) mass is 346 g/mol. The lowest BCUT2D eigenvalue weighted by molar-refractivity contribution is -0.138. The first-order valence-corrected chi connectivity index (χ1v) is 8.38. The molecule has 0 unspecified atom stereocenters. The maximum atomic E-state index is 13.0. The number of fused-ring (bicyclic) bond motifs is 3. The van der Waals surface area contributed by atoms with Gasteiger partial charge < -0.3 is 14.7 Å². The quantitative estimate of drug-likeness (QED) is 0.810. The fourth-order valence-corrected chi connectivity index (χ4v) is 3.55. The number of ketones is 1. The van der Waals surface area contributed by atoms with Crippen LogP contribution < -0.4 is 0 Å². The summed E-state index contributed by atoms with van der Waals surface area (Å²) >= 11 is 0. The van der Waals surface area contributed by atoms with Gasteiger partial charge in [-0.3, -0.25) is 19.3 Å². The van der Waals surface area contributed by atoms with Crippen molar-refractivity contribution in [2.75, 3.05) is 39.4 Å². The van der Waals surface area contributed by atoms with Gasteiger partial charge in [0.2, 0.25) is 0 Å². The van der Waals surface area contributed by atoms with Gasteiger partial charge in [-0.15, -0.1) is 0 Å². The number of aliphatic carboxylic acids is 1. The van der Waals surface area contributed by atoms with Gasteiger partial charge in [0.1, 0.15) is 0 Å². The van der Waals surface area contributed by atoms with Crippen LogP contribution in [-0.4, -0.2) is 78.0 Å². The smallest absolute Gasteiger partial charge is 0.317 e. The molecule has 0 spiro atoms. The van der Waals surface area contributed by atoms with Crippen molar-refractivity contribution in [2.24, 2.45) is 5.92 Å². The van der Waals surface area contributed by atoms with Gasteiger partial charge in [0.05, 0.1) is 25.8 Å².